The van der Waals surface area contributed by atoms with Crippen LogP contribution in [0, 0.1) is 0 Å². The van der Waals surface area contributed by atoms with Crippen LogP contribution >= 0.6 is 11.3 Å². The van der Waals surface area contributed by atoms with E-state index >= 15 is 0 Å². The van der Waals surface area contributed by atoms with Gasteiger partial charge in [0, 0.05) is 17.5 Å². The van der Waals surface area contributed by atoms with Gasteiger partial charge in [-0.1, -0.05) is 49.6 Å². The van der Waals surface area contributed by atoms with E-state index in [0.29, 0.717) is 0 Å². The van der Waals surface area contributed by atoms with Crippen LogP contribution in [-0.4, -0.2) is 23.0 Å². The van der Waals surface area contributed by atoms with Crippen molar-refractivity contribution in [3.63, 3.8) is 0 Å². The zero-order valence-corrected chi connectivity index (χ0v) is 12.7. The molecule has 3 rings (SSSR count). The lowest BCUT2D eigenvalue weighted by Crippen LogP contribution is -2.26. The predicted octanol–water partition coefficient (Wildman–Crippen LogP) is 4.58. The van der Waals surface area contributed by atoms with Crippen LogP contribution in [0.15, 0.2) is 35.7 Å². The molecule has 0 unspecified atom stereocenters. The lowest BCUT2D eigenvalue weighted by atomic mass is 10.1. The van der Waals surface area contributed by atoms with Crippen LogP contribution in [0.2, 0.25) is 0 Å². The highest BCUT2D eigenvalue weighted by Gasteiger charge is 2.11. The Kier molecular flexibility index (Phi) is 4.82. The van der Waals surface area contributed by atoms with Crippen molar-refractivity contribution in [2.75, 3.05) is 13.1 Å². The van der Waals surface area contributed by atoms with E-state index < -0.39 is 0 Å². The van der Waals surface area contributed by atoms with Gasteiger partial charge in [-0.15, -0.1) is 11.3 Å². The molecule has 2 aromatic rings. The third-order valence-corrected chi connectivity index (χ3v) is 4.85. The summed E-state index contributed by atoms with van der Waals surface area (Å²) < 4.78 is 0. The van der Waals surface area contributed by atoms with Crippen molar-refractivity contribution in [1.82, 2.24) is 9.88 Å². The lowest BCUT2D eigenvalue weighted by Gasteiger charge is -2.23. The van der Waals surface area contributed by atoms with Crippen LogP contribution in [0.5, 0.6) is 0 Å². The Labute approximate surface area is 125 Å². The van der Waals surface area contributed by atoms with Gasteiger partial charge in [-0.2, -0.15) is 0 Å². The van der Waals surface area contributed by atoms with Crippen LogP contribution in [-0.2, 0) is 6.54 Å². The number of hydrogen-bond donors (Lipinski definition) is 0. The molecule has 1 aromatic heterocycles. The third-order valence-electron chi connectivity index (χ3n) is 3.91. The third kappa shape index (κ3) is 3.68. The Balaban J connectivity index is 1.64. The maximum Gasteiger partial charge on any atom is 0.123 e. The number of rotatable bonds is 3. The zero-order chi connectivity index (χ0) is 13.6. The quantitative estimate of drug-likeness (QED) is 0.821. The first kappa shape index (κ1) is 13.8. The number of benzene rings is 1. The molecule has 1 aliphatic rings. The Morgan fingerprint density at radius 1 is 0.950 bits per heavy atom. The van der Waals surface area contributed by atoms with Crippen LogP contribution in [0.4, 0.5) is 0 Å². The molecule has 0 amide bonds. The fourth-order valence-corrected chi connectivity index (χ4v) is 3.61. The molecule has 1 saturated heterocycles. The van der Waals surface area contributed by atoms with E-state index in [2.05, 4.69) is 40.6 Å². The molecule has 0 saturated carbocycles. The van der Waals surface area contributed by atoms with E-state index in [-0.39, 0.29) is 0 Å². The van der Waals surface area contributed by atoms with Crippen molar-refractivity contribution in [2.24, 2.45) is 0 Å². The predicted molar refractivity (Wildman–Crippen MR) is 85.9 cm³/mol. The molecule has 1 aromatic carbocycles. The second-order valence-electron chi connectivity index (χ2n) is 5.55. The van der Waals surface area contributed by atoms with Crippen molar-refractivity contribution in [3.05, 3.63) is 41.4 Å². The van der Waals surface area contributed by atoms with E-state index in [0.717, 1.165) is 11.6 Å². The molecule has 0 bridgehead atoms. The molecular weight excluding hydrogens is 264 g/mol. The summed E-state index contributed by atoms with van der Waals surface area (Å²) in [4.78, 5) is 7.38. The minimum atomic E-state index is 1.02. The molecule has 0 N–H and O–H groups in total. The molecule has 0 aliphatic carbocycles. The Hall–Kier alpha value is -1.19. The Bertz CT molecular complexity index is 513. The molecule has 0 spiro atoms. The van der Waals surface area contributed by atoms with Gasteiger partial charge in [-0.05, 0) is 25.9 Å². The molecule has 2 heterocycles. The number of nitrogens with zero attached hydrogens (tertiary/aromatic N) is 2. The highest BCUT2D eigenvalue weighted by Crippen LogP contribution is 2.24. The summed E-state index contributed by atoms with van der Waals surface area (Å²) >= 11 is 1.76. The van der Waals surface area contributed by atoms with Gasteiger partial charge >= 0.3 is 0 Å². The van der Waals surface area contributed by atoms with Gasteiger partial charge < -0.3 is 0 Å². The first-order valence-corrected chi connectivity index (χ1v) is 8.52. The van der Waals surface area contributed by atoms with Crippen LogP contribution < -0.4 is 0 Å². The normalized spacial score (nSPS) is 17.6. The highest BCUT2D eigenvalue weighted by atomic mass is 32.1. The first-order chi connectivity index (χ1) is 9.92. The SMILES string of the molecule is c1ccc(-c2nc(CN3CCCCCCC3)cs2)cc1. The number of likely N-dealkylation sites (tertiary alicyclic amines) is 1. The summed E-state index contributed by atoms with van der Waals surface area (Å²) in [5.41, 5.74) is 2.46. The average molecular weight is 286 g/mol. The second kappa shape index (κ2) is 7.00. The molecule has 0 radical (unpaired) electrons. The minimum Gasteiger partial charge on any atom is -0.297 e. The number of aromatic nitrogens is 1. The van der Waals surface area contributed by atoms with Gasteiger partial charge in [0.25, 0.3) is 0 Å². The summed E-state index contributed by atoms with van der Waals surface area (Å²) in [6, 6.07) is 10.5. The maximum absolute atomic E-state index is 4.81. The monoisotopic (exact) mass is 286 g/mol. The van der Waals surface area contributed by atoms with E-state index in [1.165, 1.54) is 56.5 Å². The zero-order valence-electron chi connectivity index (χ0n) is 11.9. The Morgan fingerprint density at radius 2 is 1.65 bits per heavy atom. The van der Waals surface area contributed by atoms with Crippen molar-refractivity contribution in [2.45, 2.75) is 38.6 Å². The molecule has 106 valence electrons. The van der Waals surface area contributed by atoms with Crippen LogP contribution in [0.3, 0.4) is 0 Å². The van der Waals surface area contributed by atoms with Gasteiger partial charge in [0.2, 0.25) is 0 Å². The standard InChI is InChI=1S/C17H22N2S/c1-2-7-11-19(12-8-3-1)13-16-14-20-17(18-16)15-9-5-4-6-10-15/h4-6,9-10,14H,1-3,7-8,11-13H2. The van der Waals surface area contributed by atoms with Crippen LogP contribution in [0.1, 0.15) is 37.8 Å². The molecule has 3 heteroatoms. The van der Waals surface area contributed by atoms with Gasteiger partial charge in [0.1, 0.15) is 5.01 Å². The molecule has 1 aliphatic heterocycles. The van der Waals surface area contributed by atoms with Gasteiger partial charge in [0.15, 0.2) is 0 Å². The van der Waals surface area contributed by atoms with E-state index in [1.54, 1.807) is 11.3 Å². The van der Waals surface area contributed by atoms with Crippen LogP contribution in [0.25, 0.3) is 10.6 Å². The molecule has 2 nitrogen and oxygen atoms in total. The largest absolute Gasteiger partial charge is 0.297 e. The maximum atomic E-state index is 4.81. The van der Waals surface area contributed by atoms with Crippen molar-refractivity contribution < 1.29 is 0 Å². The van der Waals surface area contributed by atoms with Gasteiger partial charge in [-0.25, -0.2) is 4.98 Å². The first-order valence-electron chi connectivity index (χ1n) is 7.64. The fourth-order valence-electron chi connectivity index (χ4n) is 2.79. The summed E-state index contributed by atoms with van der Waals surface area (Å²) in [5.74, 6) is 0. The molecule has 1 fully saturated rings. The van der Waals surface area contributed by atoms with E-state index in [9.17, 15) is 0 Å². The summed E-state index contributed by atoms with van der Waals surface area (Å²) in [7, 11) is 0. The summed E-state index contributed by atoms with van der Waals surface area (Å²) in [6.07, 6.45) is 6.89. The number of thiazole rings is 1. The molecular formula is C17H22N2S. The van der Waals surface area contributed by atoms with Crippen molar-refractivity contribution in [3.8, 4) is 10.6 Å². The topological polar surface area (TPSA) is 16.1 Å². The smallest absolute Gasteiger partial charge is 0.123 e. The average Bonchev–Trinajstić information content (AvgIpc) is 2.91. The van der Waals surface area contributed by atoms with Crippen molar-refractivity contribution in [1.29, 1.82) is 0 Å². The highest BCUT2D eigenvalue weighted by molar-refractivity contribution is 7.13. The molecule has 0 atom stereocenters. The summed E-state index contributed by atoms with van der Waals surface area (Å²) in [6.45, 7) is 3.49. The fraction of sp³-hybridized carbons (Fsp3) is 0.471. The van der Waals surface area contributed by atoms with Gasteiger partial charge in [0.05, 0.1) is 5.69 Å². The Morgan fingerprint density at radius 3 is 2.40 bits per heavy atom. The molecule has 20 heavy (non-hydrogen) atoms. The van der Waals surface area contributed by atoms with Gasteiger partial charge in [-0.3, -0.25) is 4.90 Å². The minimum absolute atomic E-state index is 1.02. The number of hydrogen-bond acceptors (Lipinski definition) is 3. The van der Waals surface area contributed by atoms with E-state index in [1.807, 2.05) is 0 Å². The lowest BCUT2D eigenvalue weighted by molar-refractivity contribution is 0.238. The van der Waals surface area contributed by atoms with Crippen molar-refractivity contribution >= 4 is 11.3 Å². The van der Waals surface area contributed by atoms with E-state index in [4.69, 9.17) is 4.98 Å². The second-order valence-corrected chi connectivity index (χ2v) is 6.41. The summed E-state index contributed by atoms with van der Waals surface area (Å²) in [5, 5.41) is 3.37.